The van der Waals surface area contributed by atoms with Crippen molar-refractivity contribution in [1.29, 1.82) is 0 Å². The summed E-state index contributed by atoms with van der Waals surface area (Å²) < 4.78 is 5.21. The average Bonchev–Trinajstić information content (AvgIpc) is 2.73. The Labute approximate surface area is 177 Å². The van der Waals surface area contributed by atoms with Crippen LogP contribution in [0.4, 0.5) is 10.5 Å². The van der Waals surface area contributed by atoms with Crippen molar-refractivity contribution < 1.29 is 19.2 Å². The number of ether oxygens (including phenoxy) is 1. The monoisotopic (exact) mass is 427 g/mol. The zero-order valence-electron chi connectivity index (χ0n) is 16.5. The molecule has 0 saturated carbocycles. The second kappa shape index (κ2) is 9.45. The molecule has 0 unspecified atom stereocenters. The molecule has 0 aliphatic carbocycles. The summed E-state index contributed by atoms with van der Waals surface area (Å²) in [6.45, 7) is 3.85. The van der Waals surface area contributed by atoms with Gasteiger partial charge in [0.25, 0.3) is 5.69 Å². The molecule has 0 fully saturated rings. The van der Waals surface area contributed by atoms with Gasteiger partial charge in [0.05, 0.1) is 23.1 Å². The van der Waals surface area contributed by atoms with Crippen molar-refractivity contribution in [2.24, 2.45) is 0 Å². The van der Waals surface area contributed by atoms with Gasteiger partial charge < -0.3 is 15.4 Å². The number of benzene rings is 2. The molecule has 2 aromatic rings. The number of urea groups is 1. The van der Waals surface area contributed by atoms with Crippen LogP contribution in [0, 0.1) is 17.0 Å². The molecule has 2 N–H and O–H groups in total. The van der Waals surface area contributed by atoms with Crippen LogP contribution < -0.4 is 10.6 Å². The summed E-state index contributed by atoms with van der Waals surface area (Å²) in [6, 6.07) is 12.4. The van der Waals surface area contributed by atoms with Gasteiger partial charge in [-0.15, -0.1) is 11.8 Å². The molecule has 1 aliphatic rings. The van der Waals surface area contributed by atoms with Crippen LogP contribution in [0.3, 0.4) is 0 Å². The summed E-state index contributed by atoms with van der Waals surface area (Å²) in [5.41, 5.74) is 2.08. The van der Waals surface area contributed by atoms with E-state index in [0.29, 0.717) is 17.0 Å². The zero-order chi connectivity index (χ0) is 21.7. The van der Waals surface area contributed by atoms with E-state index in [1.807, 2.05) is 31.2 Å². The molecule has 1 heterocycles. The average molecular weight is 427 g/mol. The van der Waals surface area contributed by atoms with Crippen LogP contribution in [0.2, 0.25) is 0 Å². The number of nitrogens with zero attached hydrogens (tertiary/aromatic N) is 1. The number of thioether (sulfide) groups is 1. The number of rotatable bonds is 7. The molecule has 30 heavy (non-hydrogen) atoms. The Kier molecular flexibility index (Phi) is 6.73. The smallest absolute Gasteiger partial charge is 0.338 e. The molecular weight excluding hydrogens is 406 g/mol. The van der Waals surface area contributed by atoms with Gasteiger partial charge in [-0.3, -0.25) is 10.1 Å². The van der Waals surface area contributed by atoms with Gasteiger partial charge in [0.15, 0.2) is 0 Å². The van der Waals surface area contributed by atoms with Gasteiger partial charge in [-0.25, -0.2) is 9.59 Å². The lowest BCUT2D eigenvalue weighted by atomic mass is 9.95. The molecule has 0 saturated heterocycles. The number of nitro groups is 1. The maximum absolute atomic E-state index is 12.8. The van der Waals surface area contributed by atoms with Gasteiger partial charge in [-0.2, -0.15) is 0 Å². The molecule has 8 nitrogen and oxygen atoms in total. The quantitative estimate of drug-likeness (QED) is 0.300. The van der Waals surface area contributed by atoms with Gasteiger partial charge in [0.1, 0.15) is 0 Å². The van der Waals surface area contributed by atoms with E-state index in [0.717, 1.165) is 10.5 Å². The molecule has 0 radical (unpaired) electrons. The first-order valence-electron chi connectivity index (χ1n) is 9.30. The van der Waals surface area contributed by atoms with Gasteiger partial charge in [-0.1, -0.05) is 29.8 Å². The van der Waals surface area contributed by atoms with E-state index in [1.54, 1.807) is 13.0 Å². The van der Waals surface area contributed by atoms with Crippen molar-refractivity contribution in [3.05, 3.63) is 81.0 Å². The topological polar surface area (TPSA) is 111 Å². The van der Waals surface area contributed by atoms with Crippen LogP contribution >= 0.6 is 11.8 Å². The minimum atomic E-state index is -0.855. The zero-order valence-corrected chi connectivity index (χ0v) is 17.3. The Balaban J connectivity index is 1.99. The third-order valence-electron chi connectivity index (χ3n) is 4.47. The number of esters is 1. The third kappa shape index (κ3) is 4.98. The molecule has 2 amide bonds. The first-order chi connectivity index (χ1) is 14.4. The van der Waals surface area contributed by atoms with E-state index in [2.05, 4.69) is 10.6 Å². The first kappa shape index (κ1) is 21.4. The van der Waals surface area contributed by atoms with Gasteiger partial charge in [0.2, 0.25) is 0 Å². The number of carbonyl (C=O) groups excluding carboxylic acids is 2. The van der Waals surface area contributed by atoms with Crippen molar-refractivity contribution in [3.8, 4) is 0 Å². The molecule has 0 bridgehead atoms. The summed E-state index contributed by atoms with van der Waals surface area (Å²) in [7, 11) is 0. The van der Waals surface area contributed by atoms with Crippen molar-refractivity contribution >= 4 is 29.4 Å². The number of non-ortho nitro benzene ring substituents is 1. The standard InChI is InChI=1S/C21H21N3O5S/c1-3-29-20(25)18-17(12-30-16-9-7-13(2)8-10-16)22-21(26)23-19(18)14-5-4-6-15(11-14)24(27)28/h4-11,19H,3,12H2,1-2H3,(H2,22,23,26)/t19-/m1/s1. The predicted octanol–water partition coefficient (Wildman–Crippen LogP) is 3.87. The Morgan fingerprint density at radius 1 is 1.23 bits per heavy atom. The SMILES string of the molecule is CCOC(=O)C1=C(CSc2ccc(C)cc2)NC(=O)N[C@@H]1c1cccc([N+](=O)[O-])c1. The number of nitrogens with one attached hydrogen (secondary N) is 2. The summed E-state index contributed by atoms with van der Waals surface area (Å²) in [4.78, 5) is 36.7. The second-order valence-electron chi connectivity index (χ2n) is 6.60. The number of nitro benzene ring substituents is 1. The molecule has 9 heteroatoms. The number of hydrogen-bond donors (Lipinski definition) is 2. The van der Waals surface area contributed by atoms with Crippen LogP contribution in [0.15, 0.2) is 64.7 Å². The molecule has 0 spiro atoms. The minimum absolute atomic E-state index is 0.126. The lowest BCUT2D eigenvalue weighted by Crippen LogP contribution is -2.46. The van der Waals surface area contributed by atoms with Gasteiger partial charge >= 0.3 is 12.0 Å². The van der Waals surface area contributed by atoms with Crippen molar-refractivity contribution in [3.63, 3.8) is 0 Å². The Morgan fingerprint density at radius 2 is 1.97 bits per heavy atom. The lowest BCUT2D eigenvalue weighted by Gasteiger charge is -2.29. The number of amides is 2. The summed E-state index contributed by atoms with van der Waals surface area (Å²) in [6.07, 6.45) is 0. The Hall–Kier alpha value is -3.33. The summed E-state index contributed by atoms with van der Waals surface area (Å²) >= 11 is 1.47. The van der Waals surface area contributed by atoms with Crippen LogP contribution in [-0.4, -0.2) is 29.3 Å². The number of aryl methyl sites for hydroxylation is 1. The van der Waals surface area contributed by atoms with Crippen LogP contribution in [0.25, 0.3) is 0 Å². The largest absolute Gasteiger partial charge is 0.463 e. The molecule has 1 atom stereocenters. The number of hydrogen-bond acceptors (Lipinski definition) is 6. The van der Waals surface area contributed by atoms with Crippen LogP contribution in [-0.2, 0) is 9.53 Å². The van der Waals surface area contributed by atoms with E-state index >= 15 is 0 Å². The normalized spacial score (nSPS) is 15.9. The molecular formula is C21H21N3O5S. The highest BCUT2D eigenvalue weighted by molar-refractivity contribution is 7.99. The van der Waals surface area contributed by atoms with Gasteiger partial charge in [0, 0.05) is 28.5 Å². The molecule has 2 aromatic carbocycles. The summed E-state index contributed by atoms with van der Waals surface area (Å²) in [5, 5.41) is 16.5. The first-order valence-corrected chi connectivity index (χ1v) is 10.3. The highest BCUT2D eigenvalue weighted by Gasteiger charge is 2.34. The van der Waals surface area contributed by atoms with E-state index in [-0.39, 0.29) is 17.9 Å². The van der Waals surface area contributed by atoms with E-state index in [1.165, 1.54) is 30.0 Å². The maximum atomic E-state index is 12.8. The lowest BCUT2D eigenvalue weighted by molar-refractivity contribution is -0.384. The molecule has 0 aromatic heterocycles. The Bertz CT molecular complexity index is 1000. The maximum Gasteiger partial charge on any atom is 0.338 e. The fourth-order valence-corrected chi connectivity index (χ4v) is 3.91. The highest BCUT2D eigenvalue weighted by Crippen LogP contribution is 2.32. The summed E-state index contributed by atoms with van der Waals surface area (Å²) in [5.74, 6) is -0.253. The molecule has 1 aliphatic heterocycles. The van der Waals surface area contributed by atoms with E-state index in [9.17, 15) is 19.7 Å². The molecule has 156 valence electrons. The van der Waals surface area contributed by atoms with Gasteiger partial charge in [-0.05, 0) is 31.5 Å². The van der Waals surface area contributed by atoms with Crippen molar-refractivity contribution in [1.82, 2.24) is 10.6 Å². The van der Waals surface area contributed by atoms with Crippen LogP contribution in [0.1, 0.15) is 24.1 Å². The fourth-order valence-electron chi connectivity index (χ4n) is 3.04. The Morgan fingerprint density at radius 3 is 2.63 bits per heavy atom. The van der Waals surface area contributed by atoms with E-state index in [4.69, 9.17) is 4.74 Å². The fraction of sp³-hybridized carbons (Fsp3) is 0.238. The molecule has 3 rings (SSSR count). The van der Waals surface area contributed by atoms with Crippen LogP contribution in [0.5, 0.6) is 0 Å². The number of carbonyl (C=O) groups is 2. The third-order valence-corrected chi connectivity index (χ3v) is 5.51. The minimum Gasteiger partial charge on any atom is -0.463 e. The van der Waals surface area contributed by atoms with Crippen molar-refractivity contribution in [2.75, 3.05) is 12.4 Å². The second-order valence-corrected chi connectivity index (χ2v) is 7.65. The predicted molar refractivity (Wildman–Crippen MR) is 113 cm³/mol. The highest BCUT2D eigenvalue weighted by atomic mass is 32.2. The van der Waals surface area contributed by atoms with Crippen molar-refractivity contribution in [2.45, 2.75) is 24.8 Å². The van der Waals surface area contributed by atoms with E-state index < -0.39 is 23.0 Å².